The Bertz CT molecular complexity index is 1030. The minimum atomic E-state index is -1.13. The van der Waals surface area contributed by atoms with Crippen LogP contribution in [0.15, 0.2) is 59.2 Å². The van der Waals surface area contributed by atoms with Crippen LogP contribution in [0, 0.1) is 23.1 Å². The van der Waals surface area contributed by atoms with E-state index in [1.807, 2.05) is 13.0 Å². The molecule has 0 spiro atoms. The zero-order chi connectivity index (χ0) is 21.0. The van der Waals surface area contributed by atoms with Gasteiger partial charge in [0.25, 0.3) is 5.91 Å². The second-order valence-electron chi connectivity index (χ2n) is 6.54. The van der Waals surface area contributed by atoms with E-state index in [0.717, 1.165) is 0 Å². The largest absolute Gasteiger partial charge is 0.478 e. The number of carbonyl (C=O) groups excluding carboxylic acids is 1. The van der Waals surface area contributed by atoms with Crippen LogP contribution in [-0.4, -0.2) is 22.7 Å². The normalized spacial score (nSPS) is 16.5. The van der Waals surface area contributed by atoms with Gasteiger partial charge in [0, 0.05) is 5.57 Å². The zero-order valence-electron chi connectivity index (χ0n) is 15.7. The fraction of sp³-hybridized carbons (Fsp3) is 0.182. The second kappa shape index (κ2) is 8.48. The highest BCUT2D eigenvalue weighted by Crippen LogP contribution is 2.29. The van der Waals surface area contributed by atoms with Crippen molar-refractivity contribution < 1.29 is 19.1 Å². The zero-order valence-corrected chi connectivity index (χ0v) is 15.7. The molecule has 146 valence electrons. The maximum Gasteiger partial charge on any atom is 0.331 e. The molecule has 29 heavy (non-hydrogen) atoms. The number of carboxylic acids is 1. The lowest BCUT2D eigenvalue weighted by atomic mass is 9.92. The van der Waals surface area contributed by atoms with Crippen molar-refractivity contribution in [2.75, 3.05) is 5.01 Å². The van der Waals surface area contributed by atoms with E-state index in [1.165, 1.54) is 35.4 Å². The third-order valence-electron chi connectivity index (χ3n) is 4.65. The number of anilines is 1. The first-order chi connectivity index (χ1) is 13.9. The van der Waals surface area contributed by atoms with E-state index in [2.05, 4.69) is 5.10 Å². The van der Waals surface area contributed by atoms with E-state index in [-0.39, 0.29) is 17.9 Å². The number of hydrazone groups is 1. The van der Waals surface area contributed by atoms with E-state index in [1.54, 1.807) is 24.3 Å². The SMILES string of the molecule is CCC1=NN(c2ccc(F)cc2)C(=O)C1C/C(=C/c1ccc(C#N)cc1)C(=O)O. The fourth-order valence-corrected chi connectivity index (χ4v) is 3.11. The number of nitriles is 1. The predicted molar refractivity (Wildman–Crippen MR) is 106 cm³/mol. The van der Waals surface area contributed by atoms with Gasteiger partial charge in [-0.15, -0.1) is 0 Å². The van der Waals surface area contributed by atoms with Crippen molar-refractivity contribution in [3.8, 4) is 6.07 Å². The molecule has 1 N–H and O–H groups in total. The molecule has 1 atom stereocenters. The molecule has 7 heteroatoms. The van der Waals surface area contributed by atoms with Crippen molar-refractivity contribution in [2.45, 2.75) is 19.8 Å². The Morgan fingerprint density at radius 2 is 1.90 bits per heavy atom. The fourth-order valence-electron chi connectivity index (χ4n) is 3.11. The van der Waals surface area contributed by atoms with Crippen molar-refractivity contribution in [3.63, 3.8) is 0 Å². The summed E-state index contributed by atoms with van der Waals surface area (Å²) in [4.78, 5) is 24.7. The van der Waals surface area contributed by atoms with Crippen LogP contribution in [0.4, 0.5) is 10.1 Å². The van der Waals surface area contributed by atoms with Crippen molar-refractivity contribution in [1.82, 2.24) is 0 Å². The number of halogens is 1. The number of amides is 1. The van der Waals surface area contributed by atoms with Crippen molar-refractivity contribution in [3.05, 3.63) is 71.0 Å². The van der Waals surface area contributed by atoms with Gasteiger partial charge in [-0.05, 0) is 60.9 Å². The average molecular weight is 391 g/mol. The molecular weight excluding hydrogens is 373 g/mol. The van der Waals surface area contributed by atoms with Crippen LogP contribution in [0.25, 0.3) is 6.08 Å². The summed E-state index contributed by atoms with van der Waals surface area (Å²) in [6, 6.07) is 13.9. The summed E-state index contributed by atoms with van der Waals surface area (Å²) in [7, 11) is 0. The Morgan fingerprint density at radius 3 is 2.45 bits per heavy atom. The van der Waals surface area contributed by atoms with Crippen LogP contribution in [0.5, 0.6) is 0 Å². The first kappa shape index (κ1) is 20.0. The number of aliphatic carboxylic acids is 1. The van der Waals surface area contributed by atoms with Crippen LogP contribution >= 0.6 is 0 Å². The van der Waals surface area contributed by atoms with Crippen LogP contribution in [0.1, 0.15) is 30.9 Å². The quantitative estimate of drug-likeness (QED) is 0.754. The number of carboxylic acid groups (broad SMARTS) is 1. The molecule has 0 bridgehead atoms. The maximum atomic E-state index is 13.2. The van der Waals surface area contributed by atoms with Crippen molar-refractivity contribution >= 4 is 29.4 Å². The highest BCUT2D eigenvalue weighted by atomic mass is 19.1. The minimum Gasteiger partial charge on any atom is -0.478 e. The number of nitrogens with zero attached hydrogens (tertiary/aromatic N) is 3. The number of benzene rings is 2. The van der Waals surface area contributed by atoms with Gasteiger partial charge in [0.15, 0.2) is 0 Å². The molecule has 2 aromatic carbocycles. The number of carbonyl (C=O) groups is 2. The van der Waals surface area contributed by atoms with E-state index >= 15 is 0 Å². The standard InChI is InChI=1S/C22H18FN3O3/c1-2-20-19(21(27)26(25-20)18-9-7-17(23)8-10-18)12-16(22(28)29)11-14-3-5-15(13-24)6-4-14/h3-11,19H,2,12H2,1H3,(H,28,29)/b16-11-. The Kier molecular flexibility index (Phi) is 5.84. The Morgan fingerprint density at radius 1 is 1.24 bits per heavy atom. The molecule has 1 amide bonds. The molecule has 1 aliphatic rings. The molecule has 0 saturated heterocycles. The molecule has 2 aromatic rings. The summed E-state index contributed by atoms with van der Waals surface area (Å²) in [6.07, 6.45) is 1.96. The van der Waals surface area contributed by atoms with E-state index in [9.17, 15) is 19.1 Å². The van der Waals surface area contributed by atoms with E-state index < -0.39 is 17.7 Å². The highest BCUT2D eigenvalue weighted by molar-refractivity contribution is 6.16. The predicted octanol–water partition coefficient (Wildman–Crippen LogP) is 3.98. The lowest BCUT2D eigenvalue weighted by Gasteiger charge is -2.15. The maximum absolute atomic E-state index is 13.2. The van der Waals surface area contributed by atoms with E-state index in [0.29, 0.717) is 28.9 Å². The first-order valence-corrected chi connectivity index (χ1v) is 9.04. The van der Waals surface area contributed by atoms with Gasteiger partial charge in [0.2, 0.25) is 0 Å². The molecule has 1 heterocycles. The topological polar surface area (TPSA) is 93.8 Å². The number of hydrogen-bond donors (Lipinski definition) is 1. The Labute approximate surface area is 167 Å². The molecule has 1 unspecified atom stereocenters. The molecule has 0 fully saturated rings. The third kappa shape index (κ3) is 4.38. The molecule has 0 saturated carbocycles. The molecule has 1 aliphatic heterocycles. The van der Waals surface area contributed by atoms with Gasteiger partial charge in [-0.3, -0.25) is 4.79 Å². The third-order valence-corrected chi connectivity index (χ3v) is 4.65. The van der Waals surface area contributed by atoms with Crippen molar-refractivity contribution in [1.29, 1.82) is 5.26 Å². The summed E-state index contributed by atoms with van der Waals surface area (Å²) in [5, 5.41) is 24.0. The lowest BCUT2D eigenvalue weighted by molar-refractivity contribution is -0.132. The summed E-state index contributed by atoms with van der Waals surface area (Å²) < 4.78 is 13.2. The number of rotatable bonds is 6. The molecule has 6 nitrogen and oxygen atoms in total. The summed E-state index contributed by atoms with van der Waals surface area (Å²) >= 11 is 0. The second-order valence-corrected chi connectivity index (χ2v) is 6.54. The Balaban J connectivity index is 1.87. The van der Waals surface area contributed by atoms with Crippen LogP contribution in [-0.2, 0) is 9.59 Å². The molecule has 3 rings (SSSR count). The highest BCUT2D eigenvalue weighted by Gasteiger charge is 2.37. The minimum absolute atomic E-state index is 0.0153. The molecular formula is C22H18FN3O3. The van der Waals surface area contributed by atoms with Gasteiger partial charge in [-0.2, -0.15) is 10.4 Å². The summed E-state index contributed by atoms with van der Waals surface area (Å²) in [5.74, 6) is -2.60. The van der Waals surface area contributed by atoms with Crippen LogP contribution < -0.4 is 5.01 Å². The van der Waals surface area contributed by atoms with Gasteiger partial charge >= 0.3 is 5.97 Å². The average Bonchev–Trinajstić information content (AvgIpc) is 3.04. The van der Waals surface area contributed by atoms with Gasteiger partial charge in [-0.1, -0.05) is 19.1 Å². The van der Waals surface area contributed by atoms with E-state index in [4.69, 9.17) is 5.26 Å². The van der Waals surface area contributed by atoms with Gasteiger partial charge in [-0.25, -0.2) is 14.2 Å². The molecule has 0 radical (unpaired) electrons. The smallest absolute Gasteiger partial charge is 0.331 e. The Hall–Kier alpha value is -3.79. The monoisotopic (exact) mass is 391 g/mol. The van der Waals surface area contributed by atoms with Crippen molar-refractivity contribution in [2.24, 2.45) is 11.0 Å². The lowest BCUT2D eigenvalue weighted by Crippen LogP contribution is -2.28. The van der Waals surface area contributed by atoms with Crippen LogP contribution in [0.3, 0.4) is 0 Å². The molecule has 0 aliphatic carbocycles. The summed E-state index contributed by atoms with van der Waals surface area (Å²) in [6.45, 7) is 1.85. The van der Waals surface area contributed by atoms with Gasteiger partial charge < -0.3 is 5.11 Å². The first-order valence-electron chi connectivity index (χ1n) is 9.04. The van der Waals surface area contributed by atoms with Gasteiger partial charge in [0.05, 0.1) is 28.9 Å². The van der Waals surface area contributed by atoms with Gasteiger partial charge in [0.1, 0.15) is 5.82 Å². The molecule has 0 aromatic heterocycles. The summed E-state index contributed by atoms with van der Waals surface area (Å²) in [5.41, 5.74) is 2.16. The van der Waals surface area contributed by atoms with Crippen LogP contribution in [0.2, 0.25) is 0 Å². The number of hydrogen-bond acceptors (Lipinski definition) is 4.